The van der Waals surface area contributed by atoms with Gasteiger partial charge in [-0.15, -0.1) is 0 Å². The van der Waals surface area contributed by atoms with Crippen molar-refractivity contribution in [1.82, 2.24) is 0 Å². The highest BCUT2D eigenvalue weighted by Gasteiger charge is 2.03. The van der Waals surface area contributed by atoms with Gasteiger partial charge in [0.1, 0.15) is 7.11 Å². The highest BCUT2D eigenvalue weighted by atomic mass is 35.5. The van der Waals surface area contributed by atoms with E-state index in [1.807, 2.05) is 32.0 Å². The van der Waals surface area contributed by atoms with Gasteiger partial charge < -0.3 is 4.84 Å². The molecule has 0 bridgehead atoms. The first-order valence-corrected chi connectivity index (χ1v) is 4.93. The van der Waals surface area contributed by atoms with Gasteiger partial charge in [0.25, 0.3) is 0 Å². The van der Waals surface area contributed by atoms with Crippen molar-refractivity contribution in [1.29, 1.82) is 0 Å². The van der Waals surface area contributed by atoms with Gasteiger partial charge in [0.15, 0.2) is 0 Å². The van der Waals surface area contributed by atoms with Crippen molar-refractivity contribution < 1.29 is 4.84 Å². The molecule has 0 saturated carbocycles. The summed E-state index contributed by atoms with van der Waals surface area (Å²) < 4.78 is 0. The van der Waals surface area contributed by atoms with Gasteiger partial charge in [-0.05, 0) is 36.6 Å². The van der Waals surface area contributed by atoms with Crippen LogP contribution in [0.15, 0.2) is 23.4 Å². The number of hydrogen-bond donors (Lipinski definition) is 0. The molecule has 0 aromatic heterocycles. The maximum atomic E-state index is 5.93. The fourth-order valence-corrected chi connectivity index (χ4v) is 1.37. The van der Waals surface area contributed by atoms with E-state index in [-0.39, 0.29) is 0 Å². The lowest BCUT2D eigenvalue weighted by Crippen LogP contribution is -2.00. The minimum absolute atomic E-state index is 0.779. The van der Waals surface area contributed by atoms with Crippen molar-refractivity contribution >= 4 is 17.3 Å². The molecule has 1 aromatic rings. The number of hydrogen-bond acceptors (Lipinski definition) is 2. The van der Waals surface area contributed by atoms with Gasteiger partial charge in [0.05, 0.1) is 5.71 Å². The van der Waals surface area contributed by atoms with E-state index >= 15 is 0 Å². The second-order valence-electron chi connectivity index (χ2n) is 3.04. The van der Waals surface area contributed by atoms with E-state index < -0.39 is 0 Å². The maximum Gasteiger partial charge on any atom is 0.106 e. The summed E-state index contributed by atoms with van der Waals surface area (Å²) in [7, 11) is 1.55. The Morgan fingerprint density at radius 2 is 2.21 bits per heavy atom. The van der Waals surface area contributed by atoms with E-state index in [9.17, 15) is 0 Å². The van der Waals surface area contributed by atoms with Crippen LogP contribution in [0.5, 0.6) is 0 Å². The van der Waals surface area contributed by atoms with Crippen LogP contribution in [0.1, 0.15) is 24.5 Å². The minimum atomic E-state index is 0.779. The smallest absolute Gasteiger partial charge is 0.106 e. The second-order valence-corrected chi connectivity index (χ2v) is 3.45. The third kappa shape index (κ3) is 2.48. The third-order valence-electron chi connectivity index (χ3n) is 2.03. The second kappa shape index (κ2) is 5.01. The van der Waals surface area contributed by atoms with E-state index in [0.717, 1.165) is 28.3 Å². The summed E-state index contributed by atoms with van der Waals surface area (Å²) >= 11 is 5.93. The van der Waals surface area contributed by atoms with Crippen LogP contribution in [0.3, 0.4) is 0 Å². The quantitative estimate of drug-likeness (QED) is 0.555. The molecule has 0 spiro atoms. The number of oxime groups is 1. The molecule has 3 heteroatoms. The van der Waals surface area contributed by atoms with Crippen LogP contribution in [0.4, 0.5) is 0 Å². The lowest BCUT2D eigenvalue weighted by molar-refractivity contribution is 0.213. The summed E-state index contributed by atoms with van der Waals surface area (Å²) in [6, 6.07) is 5.85. The molecule has 0 saturated heterocycles. The van der Waals surface area contributed by atoms with Crippen molar-refractivity contribution in [3.63, 3.8) is 0 Å². The fraction of sp³-hybridized carbons (Fsp3) is 0.364. The van der Waals surface area contributed by atoms with Gasteiger partial charge >= 0.3 is 0 Å². The number of rotatable bonds is 3. The molecule has 0 fully saturated rings. The number of benzene rings is 1. The van der Waals surface area contributed by atoms with Gasteiger partial charge in [-0.2, -0.15) is 0 Å². The molecule has 14 heavy (non-hydrogen) atoms. The number of aryl methyl sites for hydroxylation is 1. The van der Waals surface area contributed by atoms with Crippen LogP contribution in [-0.2, 0) is 4.84 Å². The molecule has 0 N–H and O–H groups in total. The summed E-state index contributed by atoms with van der Waals surface area (Å²) in [5.41, 5.74) is 3.06. The molecule has 76 valence electrons. The Morgan fingerprint density at radius 3 is 2.71 bits per heavy atom. The first-order valence-electron chi connectivity index (χ1n) is 4.55. The van der Waals surface area contributed by atoms with Gasteiger partial charge in [-0.3, -0.25) is 0 Å². The average molecular weight is 212 g/mol. The summed E-state index contributed by atoms with van der Waals surface area (Å²) in [5, 5.41) is 4.74. The van der Waals surface area contributed by atoms with Gasteiger partial charge in [-0.25, -0.2) is 0 Å². The van der Waals surface area contributed by atoms with Crippen LogP contribution in [-0.4, -0.2) is 12.8 Å². The van der Waals surface area contributed by atoms with Gasteiger partial charge in [-0.1, -0.05) is 29.7 Å². The van der Waals surface area contributed by atoms with Crippen LogP contribution in [0.2, 0.25) is 5.02 Å². The average Bonchev–Trinajstić information content (AvgIpc) is 2.19. The lowest BCUT2D eigenvalue weighted by Gasteiger charge is -2.05. The van der Waals surface area contributed by atoms with Crippen molar-refractivity contribution in [2.24, 2.45) is 5.16 Å². The SMILES string of the molecule is CCC(=NOC)c1ccc(Cl)c(C)c1. The molecular weight excluding hydrogens is 198 g/mol. The summed E-state index contributed by atoms with van der Waals surface area (Å²) in [6.07, 6.45) is 0.842. The maximum absolute atomic E-state index is 5.93. The molecule has 0 unspecified atom stereocenters. The minimum Gasteiger partial charge on any atom is -0.399 e. The standard InChI is InChI=1S/C11H14ClNO/c1-4-11(13-14-3)9-5-6-10(12)8(2)7-9/h5-7H,4H2,1-3H3. The Labute approximate surface area is 89.5 Å². The third-order valence-corrected chi connectivity index (χ3v) is 2.45. The fourth-order valence-electron chi connectivity index (χ4n) is 1.26. The van der Waals surface area contributed by atoms with E-state index in [0.29, 0.717) is 0 Å². The molecule has 0 atom stereocenters. The Balaban J connectivity index is 3.06. The van der Waals surface area contributed by atoms with E-state index in [1.165, 1.54) is 0 Å². The van der Waals surface area contributed by atoms with Crippen molar-refractivity contribution in [2.75, 3.05) is 7.11 Å². The summed E-state index contributed by atoms with van der Waals surface area (Å²) in [4.78, 5) is 4.77. The molecule has 0 heterocycles. The largest absolute Gasteiger partial charge is 0.399 e. The van der Waals surface area contributed by atoms with E-state index in [1.54, 1.807) is 7.11 Å². The molecule has 0 radical (unpaired) electrons. The van der Waals surface area contributed by atoms with Crippen molar-refractivity contribution in [3.05, 3.63) is 34.3 Å². The molecule has 0 aliphatic heterocycles. The van der Waals surface area contributed by atoms with Crippen LogP contribution in [0.25, 0.3) is 0 Å². The zero-order chi connectivity index (χ0) is 10.6. The zero-order valence-corrected chi connectivity index (χ0v) is 9.43. The van der Waals surface area contributed by atoms with Crippen molar-refractivity contribution in [3.8, 4) is 0 Å². The molecule has 2 nitrogen and oxygen atoms in total. The monoisotopic (exact) mass is 211 g/mol. The summed E-state index contributed by atoms with van der Waals surface area (Å²) in [6.45, 7) is 4.02. The number of nitrogens with zero attached hydrogens (tertiary/aromatic N) is 1. The van der Waals surface area contributed by atoms with Crippen LogP contribution in [0, 0.1) is 6.92 Å². The van der Waals surface area contributed by atoms with E-state index in [2.05, 4.69) is 5.16 Å². The Bertz CT molecular complexity index is 347. The number of halogens is 1. The summed E-state index contributed by atoms with van der Waals surface area (Å²) in [5.74, 6) is 0. The van der Waals surface area contributed by atoms with E-state index in [4.69, 9.17) is 16.4 Å². The molecule has 0 aliphatic rings. The highest BCUT2D eigenvalue weighted by molar-refractivity contribution is 6.31. The molecular formula is C11H14ClNO. The first kappa shape index (κ1) is 11.1. The van der Waals surface area contributed by atoms with Gasteiger partial charge in [0, 0.05) is 5.02 Å². The van der Waals surface area contributed by atoms with Gasteiger partial charge in [0.2, 0.25) is 0 Å². The topological polar surface area (TPSA) is 21.6 Å². The zero-order valence-electron chi connectivity index (χ0n) is 8.67. The predicted octanol–water partition coefficient (Wildman–Crippen LogP) is 3.41. The molecule has 1 aromatic carbocycles. The normalized spacial score (nSPS) is 11.6. The van der Waals surface area contributed by atoms with Crippen LogP contribution < -0.4 is 0 Å². The van der Waals surface area contributed by atoms with Crippen molar-refractivity contribution in [2.45, 2.75) is 20.3 Å². The first-order chi connectivity index (χ1) is 6.69. The lowest BCUT2D eigenvalue weighted by atomic mass is 10.1. The Kier molecular flexibility index (Phi) is 3.96. The predicted molar refractivity (Wildman–Crippen MR) is 60.0 cm³/mol. The Morgan fingerprint density at radius 1 is 1.50 bits per heavy atom. The molecule has 0 aliphatic carbocycles. The molecule has 1 rings (SSSR count). The molecule has 0 amide bonds. The Hall–Kier alpha value is -1.02. The highest BCUT2D eigenvalue weighted by Crippen LogP contribution is 2.17. The van der Waals surface area contributed by atoms with Crippen LogP contribution >= 0.6 is 11.6 Å².